The van der Waals surface area contributed by atoms with E-state index >= 15 is 0 Å². The van der Waals surface area contributed by atoms with Crippen molar-refractivity contribution in [1.29, 1.82) is 0 Å². The number of likely N-dealkylation sites (tertiary alicyclic amines) is 1. The standard InChI is InChI=1S/C10H15N3O3/c1-7-4-9(12-16-7)11-10(15)6-13-3-2-8(14)5-13/h4,8,14H,2-3,5-6H2,1H3,(H,11,12,15)/t8-/m1/s1. The number of carbonyl (C=O) groups excluding carboxylic acids is 1. The summed E-state index contributed by atoms with van der Waals surface area (Å²) in [6.45, 7) is 3.36. The summed E-state index contributed by atoms with van der Waals surface area (Å²) in [5, 5.41) is 15.6. The van der Waals surface area contributed by atoms with Crippen molar-refractivity contribution >= 4 is 11.7 Å². The molecule has 1 amide bonds. The second-order valence-corrected chi connectivity index (χ2v) is 4.05. The van der Waals surface area contributed by atoms with Gasteiger partial charge in [-0.15, -0.1) is 0 Å². The first-order chi connectivity index (χ1) is 7.63. The molecule has 0 spiro atoms. The highest BCUT2D eigenvalue weighted by Gasteiger charge is 2.22. The molecule has 1 aliphatic rings. The molecule has 6 heteroatoms. The van der Waals surface area contributed by atoms with E-state index in [1.165, 1.54) is 0 Å². The van der Waals surface area contributed by atoms with Crippen LogP contribution in [0.25, 0.3) is 0 Å². The summed E-state index contributed by atoms with van der Waals surface area (Å²) in [6.07, 6.45) is 0.429. The van der Waals surface area contributed by atoms with Gasteiger partial charge >= 0.3 is 0 Å². The van der Waals surface area contributed by atoms with Crippen molar-refractivity contribution in [2.45, 2.75) is 19.4 Å². The molecule has 1 saturated heterocycles. The number of rotatable bonds is 3. The van der Waals surface area contributed by atoms with E-state index in [2.05, 4.69) is 10.5 Å². The molecule has 16 heavy (non-hydrogen) atoms. The van der Waals surface area contributed by atoms with Crippen molar-refractivity contribution in [3.8, 4) is 0 Å². The van der Waals surface area contributed by atoms with Gasteiger partial charge < -0.3 is 14.9 Å². The molecule has 1 aliphatic heterocycles. The fourth-order valence-corrected chi connectivity index (χ4v) is 1.77. The highest BCUT2D eigenvalue weighted by molar-refractivity contribution is 5.91. The lowest BCUT2D eigenvalue weighted by Gasteiger charge is -2.13. The Bertz CT molecular complexity index is 377. The summed E-state index contributed by atoms with van der Waals surface area (Å²) in [5.41, 5.74) is 0. The lowest BCUT2D eigenvalue weighted by Crippen LogP contribution is -2.32. The first-order valence-electron chi connectivity index (χ1n) is 5.27. The van der Waals surface area contributed by atoms with Gasteiger partial charge in [-0.1, -0.05) is 5.16 Å². The summed E-state index contributed by atoms with van der Waals surface area (Å²) in [5.74, 6) is 0.955. The summed E-state index contributed by atoms with van der Waals surface area (Å²) in [6, 6.07) is 1.66. The van der Waals surface area contributed by atoms with Crippen molar-refractivity contribution in [2.24, 2.45) is 0 Å². The van der Waals surface area contributed by atoms with Crippen LogP contribution in [0.2, 0.25) is 0 Å². The van der Waals surface area contributed by atoms with Crippen LogP contribution in [0.5, 0.6) is 0 Å². The smallest absolute Gasteiger partial charge is 0.239 e. The number of carbonyl (C=O) groups is 1. The Balaban J connectivity index is 1.80. The summed E-state index contributed by atoms with van der Waals surface area (Å²) < 4.78 is 4.83. The highest BCUT2D eigenvalue weighted by Crippen LogP contribution is 2.10. The summed E-state index contributed by atoms with van der Waals surface area (Å²) in [7, 11) is 0. The first-order valence-corrected chi connectivity index (χ1v) is 5.27. The zero-order valence-corrected chi connectivity index (χ0v) is 9.14. The second kappa shape index (κ2) is 4.63. The molecule has 88 valence electrons. The highest BCUT2D eigenvalue weighted by atomic mass is 16.5. The van der Waals surface area contributed by atoms with Gasteiger partial charge in [0.05, 0.1) is 12.6 Å². The van der Waals surface area contributed by atoms with E-state index in [9.17, 15) is 9.90 Å². The average molecular weight is 225 g/mol. The molecule has 6 nitrogen and oxygen atoms in total. The molecule has 0 bridgehead atoms. The second-order valence-electron chi connectivity index (χ2n) is 4.05. The van der Waals surface area contributed by atoms with E-state index in [1.54, 1.807) is 13.0 Å². The normalized spacial score (nSPS) is 21.2. The van der Waals surface area contributed by atoms with Gasteiger partial charge in [0.2, 0.25) is 5.91 Å². The molecule has 1 fully saturated rings. The van der Waals surface area contributed by atoms with Crippen LogP contribution >= 0.6 is 0 Å². The van der Waals surface area contributed by atoms with Gasteiger partial charge in [0.1, 0.15) is 5.76 Å². The van der Waals surface area contributed by atoms with Gasteiger partial charge in [0, 0.05) is 19.2 Å². The van der Waals surface area contributed by atoms with Gasteiger partial charge in [-0.05, 0) is 13.3 Å². The predicted molar refractivity (Wildman–Crippen MR) is 56.9 cm³/mol. The molecular weight excluding hydrogens is 210 g/mol. The molecule has 1 atom stereocenters. The Kier molecular flexibility index (Phi) is 3.21. The topological polar surface area (TPSA) is 78.6 Å². The molecule has 0 aliphatic carbocycles. The van der Waals surface area contributed by atoms with Crippen molar-refractivity contribution < 1.29 is 14.4 Å². The number of hydrogen-bond acceptors (Lipinski definition) is 5. The van der Waals surface area contributed by atoms with Crippen LogP contribution in [0.3, 0.4) is 0 Å². The molecule has 1 aromatic rings. The molecule has 0 aromatic carbocycles. The maximum Gasteiger partial charge on any atom is 0.239 e. The van der Waals surface area contributed by atoms with Crippen LogP contribution in [0, 0.1) is 6.92 Å². The molecule has 2 rings (SSSR count). The van der Waals surface area contributed by atoms with Crippen molar-refractivity contribution in [3.05, 3.63) is 11.8 Å². The van der Waals surface area contributed by atoms with E-state index in [1.807, 2.05) is 4.90 Å². The number of aryl methyl sites for hydroxylation is 1. The maximum absolute atomic E-state index is 11.6. The van der Waals surface area contributed by atoms with E-state index in [0.717, 1.165) is 13.0 Å². The third kappa shape index (κ3) is 2.80. The van der Waals surface area contributed by atoms with Crippen molar-refractivity contribution in [3.63, 3.8) is 0 Å². The lowest BCUT2D eigenvalue weighted by molar-refractivity contribution is -0.117. The average Bonchev–Trinajstić information content (AvgIpc) is 2.76. The Labute approximate surface area is 93.2 Å². The number of nitrogens with zero attached hydrogens (tertiary/aromatic N) is 2. The quantitative estimate of drug-likeness (QED) is 0.756. The number of aliphatic hydroxyl groups is 1. The van der Waals surface area contributed by atoms with Crippen LogP contribution in [-0.4, -0.2) is 46.8 Å². The largest absolute Gasteiger partial charge is 0.392 e. The third-order valence-corrected chi connectivity index (χ3v) is 2.51. The number of β-amino-alcohol motifs (C(OH)–C–C–N with tert-alkyl or cyclic N) is 1. The van der Waals surface area contributed by atoms with Gasteiger partial charge in [0.25, 0.3) is 0 Å². The molecule has 0 radical (unpaired) electrons. The molecule has 2 heterocycles. The van der Waals surface area contributed by atoms with E-state index in [0.29, 0.717) is 18.1 Å². The number of aliphatic hydroxyl groups excluding tert-OH is 1. The van der Waals surface area contributed by atoms with Gasteiger partial charge in [-0.3, -0.25) is 9.69 Å². The zero-order chi connectivity index (χ0) is 11.5. The SMILES string of the molecule is Cc1cc(NC(=O)CN2CC[C@@H](O)C2)no1. The Morgan fingerprint density at radius 2 is 2.62 bits per heavy atom. The van der Waals surface area contributed by atoms with E-state index in [-0.39, 0.29) is 18.6 Å². The number of nitrogens with one attached hydrogen (secondary N) is 1. The van der Waals surface area contributed by atoms with Gasteiger partial charge in [-0.25, -0.2) is 0 Å². The minimum absolute atomic E-state index is 0.137. The van der Waals surface area contributed by atoms with Crippen LogP contribution in [0.15, 0.2) is 10.6 Å². The number of hydrogen-bond donors (Lipinski definition) is 2. The Hall–Kier alpha value is -1.40. The zero-order valence-electron chi connectivity index (χ0n) is 9.14. The fourth-order valence-electron chi connectivity index (χ4n) is 1.77. The third-order valence-electron chi connectivity index (χ3n) is 2.51. The predicted octanol–water partition coefficient (Wildman–Crippen LogP) is -0.0119. The summed E-state index contributed by atoms with van der Waals surface area (Å²) in [4.78, 5) is 13.5. The van der Waals surface area contributed by atoms with Crippen LogP contribution < -0.4 is 5.32 Å². The minimum atomic E-state index is -0.304. The van der Waals surface area contributed by atoms with Gasteiger partial charge in [-0.2, -0.15) is 0 Å². The molecule has 2 N–H and O–H groups in total. The lowest BCUT2D eigenvalue weighted by atomic mass is 10.3. The van der Waals surface area contributed by atoms with Crippen molar-refractivity contribution in [1.82, 2.24) is 10.1 Å². The summed E-state index contributed by atoms with van der Waals surface area (Å²) >= 11 is 0. The maximum atomic E-state index is 11.6. The number of anilines is 1. The Morgan fingerprint density at radius 1 is 1.81 bits per heavy atom. The Morgan fingerprint density at radius 3 is 3.19 bits per heavy atom. The molecule has 0 saturated carbocycles. The van der Waals surface area contributed by atoms with Crippen LogP contribution in [-0.2, 0) is 4.79 Å². The molecule has 0 unspecified atom stereocenters. The minimum Gasteiger partial charge on any atom is -0.392 e. The van der Waals surface area contributed by atoms with Crippen LogP contribution in [0.1, 0.15) is 12.2 Å². The van der Waals surface area contributed by atoms with Crippen molar-refractivity contribution in [2.75, 3.05) is 25.0 Å². The fraction of sp³-hybridized carbons (Fsp3) is 0.600. The van der Waals surface area contributed by atoms with Crippen LogP contribution in [0.4, 0.5) is 5.82 Å². The molecule has 1 aromatic heterocycles. The van der Waals surface area contributed by atoms with E-state index < -0.39 is 0 Å². The van der Waals surface area contributed by atoms with E-state index in [4.69, 9.17) is 4.52 Å². The number of aromatic nitrogens is 1. The van der Waals surface area contributed by atoms with Gasteiger partial charge in [0.15, 0.2) is 5.82 Å². The monoisotopic (exact) mass is 225 g/mol. The number of amides is 1. The molecular formula is C10H15N3O3. The first kappa shape index (κ1) is 11.1.